The van der Waals surface area contributed by atoms with Crippen LogP contribution in [0.5, 0.6) is 5.75 Å². The van der Waals surface area contributed by atoms with E-state index in [2.05, 4.69) is 51.6 Å². The average molecular weight is 538 g/mol. The summed E-state index contributed by atoms with van der Waals surface area (Å²) in [5.41, 5.74) is 8.65. The topological polar surface area (TPSA) is 92.2 Å². The molecule has 0 bridgehead atoms. The Morgan fingerprint density at radius 1 is 0.900 bits per heavy atom. The molecule has 204 valence electrons. The van der Waals surface area contributed by atoms with Gasteiger partial charge in [0.2, 0.25) is 0 Å². The van der Waals surface area contributed by atoms with Crippen molar-refractivity contribution < 1.29 is 14.2 Å². The van der Waals surface area contributed by atoms with Crippen molar-refractivity contribution in [3.63, 3.8) is 0 Å². The molecule has 0 saturated heterocycles. The summed E-state index contributed by atoms with van der Waals surface area (Å²) in [5.74, 6) is 0.748. The molecule has 0 aliphatic carbocycles. The van der Waals surface area contributed by atoms with E-state index in [4.69, 9.17) is 4.74 Å². The Morgan fingerprint density at radius 2 is 1.62 bits per heavy atom. The number of hydrogen-bond donors (Lipinski definition) is 3. The second-order valence-corrected chi connectivity index (χ2v) is 9.78. The van der Waals surface area contributed by atoms with Crippen molar-refractivity contribution in [3.8, 4) is 28.0 Å². The maximum absolute atomic E-state index is 15.3. The number of aromatic nitrogens is 3. The number of nitrogens with one attached hydrogen (secondary N) is 2. The lowest BCUT2D eigenvalue weighted by atomic mass is 9.90. The zero-order chi connectivity index (χ0) is 28.2. The number of fused-ring (bicyclic) bond motifs is 1. The number of anilines is 2. The number of methoxy groups -OCH3 is 1. The van der Waals surface area contributed by atoms with Gasteiger partial charge in [0.05, 0.1) is 18.7 Å². The highest BCUT2D eigenvalue weighted by Crippen LogP contribution is 2.38. The lowest BCUT2D eigenvalue weighted by Gasteiger charge is -2.18. The molecule has 0 amide bonds. The van der Waals surface area contributed by atoms with Gasteiger partial charge in [-0.25, -0.2) is 14.4 Å². The lowest BCUT2D eigenvalue weighted by molar-refractivity contribution is 0.190. The molecule has 3 N–H and O–H groups in total. The fraction of sp³-hybridized carbons (Fsp3) is 0.219. The fourth-order valence-electron chi connectivity index (χ4n) is 4.95. The smallest absolute Gasteiger partial charge is 0.158 e. The molecule has 2 aromatic heterocycles. The van der Waals surface area contributed by atoms with E-state index in [1.54, 1.807) is 31.6 Å². The predicted octanol–water partition coefficient (Wildman–Crippen LogP) is 6.34. The molecule has 0 aliphatic heterocycles. The molecular weight excluding hydrogens is 505 g/mol. The van der Waals surface area contributed by atoms with Crippen LogP contribution >= 0.6 is 0 Å². The highest BCUT2D eigenvalue weighted by molar-refractivity contribution is 5.89. The van der Waals surface area contributed by atoms with Gasteiger partial charge in [-0.05, 0) is 78.4 Å². The molecule has 8 heteroatoms. The largest absolute Gasteiger partial charge is 0.496 e. The molecule has 0 fully saturated rings. The molecule has 40 heavy (non-hydrogen) atoms. The van der Waals surface area contributed by atoms with Gasteiger partial charge < -0.3 is 20.5 Å². The Hall–Kier alpha value is -4.40. The van der Waals surface area contributed by atoms with Gasteiger partial charge in [-0.15, -0.1) is 0 Å². The fourth-order valence-corrected chi connectivity index (χ4v) is 4.95. The highest BCUT2D eigenvalue weighted by atomic mass is 19.1. The second kappa shape index (κ2) is 11.8. The summed E-state index contributed by atoms with van der Waals surface area (Å²) >= 11 is 0. The van der Waals surface area contributed by atoms with E-state index in [0.29, 0.717) is 29.2 Å². The molecule has 0 spiro atoms. The standard InChI is InChI=1S/C32H32FN5O2/c1-19(39)17-34-18-26-27(33)15-22(16-30(26)40-4)23-7-5-8-24(20(23)2)25-9-6-10-28(21(25)3)38-32-31-29(11-12-37-32)35-13-14-36-31/h5-16,19,34,39H,17-18H2,1-4H3,(H,37,38)/t19-/m1/s1. The first-order valence-electron chi connectivity index (χ1n) is 13.1. The minimum Gasteiger partial charge on any atom is -0.496 e. The van der Waals surface area contributed by atoms with Gasteiger partial charge in [0, 0.05) is 42.9 Å². The molecule has 0 radical (unpaired) electrons. The Bertz CT molecular complexity index is 1670. The van der Waals surface area contributed by atoms with Crippen LogP contribution in [0.4, 0.5) is 15.9 Å². The van der Waals surface area contributed by atoms with Gasteiger partial charge in [-0.3, -0.25) is 4.98 Å². The number of nitrogens with zero attached hydrogens (tertiary/aromatic N) is 3. The van der Waals surface area contributed by atoms with Crippen molar-refractivity contribution in [2.45, 2.75) is 33.4 Å². The van der Waals surface area contributed by atoms with Crippen LogP contribution in [0, 0.1) is 19.7 Å². The van der Waals surface area contributed by atoms with Crippen molar-refractivity contribution >= 4 is 22.5 Å². The van der Waals surface area contributed by atoms with Gasteiger partial charge >= 0.3 is 0 Å². The summed E-state index contributed by atoms with van der Waals surface area (Å²) in [6.07, 6.45) is 4.52. The van der Waals surface area contributed by atoms with Gasteiger partial charge in [0.1, 0.15) is 17.1 Å². The van der Waals surface area contributed by atoms with Crippen LogP contribution in [0.25, 0.3) is 33.3 Å². The number of rotatable bonds is 9. The molecule has 2 heterocycles. The van der Waals surface area contributed by atoms with Crippen LogP contribution in [0.3, 0.4) is 0 Å². The average Bonchev–Trinajstić information content (AvgIpc) is 2.95. The maximum atomic E-state index is 15.3. The number of aliphatic hydroxyl groups excluding tert-OH is 1. The highest BCUT2D eigenvalue weighted by Gasteiger charge is 2.17. The van der Waals surface area contributed by atoms with Gasteiger partial charge in [-0.2, -0.15) is 0 Å². The summed E-state index contributed by atoms with van der Waals surface area (Å²) in [6, 6.07) is 17.4. The Balaban J connectivity index is 1.50. The van der Waals surface area contributed by atoms with Crippen LogP contribution < -0.4 is 15.4 Å². The molecule has 0 aliphatic rings. The second-order valence-electron chi connectivity index (χ2n) is 9.78. The lowest BCUT2D eigenvalue weighted by Crippen LogP contribution is -2.24. The van der Waals surface area contributed by atoms with Crippen LogP contribution in [0.2, 0.25) is 0 Å². The molecule has 3 aromatic carbocycles. The van der Waals surface area contributed by atoms with E-state index in [-0.39, 0.29) is 12.4 Å². The Morgan fingerprint density at radius 3 is 2.40 bits per heavy atom. The van der Waals surface area contributed by atoms with Crippen molar-refractivity contribution in [2.75, 3.05) is 19.0 Å². The van der Waals surface area contributed by atoms with Gasteiger partial charge in [0.25, 0.3) is 0 Å². The maximum Gasteiger partial charge on any atom is 0.158 e. The summed E-state index contributed by atoms with van der Waals surface area (Å²) in [7, 11) is 1.54. The number of aliphatic hydroxyl groups is 1. The Kier molecular flexibility index (Phi) is 8.00. The minimum atomic E-state index is -0.521. The third kappa shape index (κ3) is 5.50. The third-order valence-corrected chi connectivity index (χ3v) is 7.02. The van der Waals surface area contributed by atoms with E-state index >= 15 is 4.39 Å². The van der Waals surface area contributed by atoms with Crippen LogP contribution in [0.1, 0.15) is 23.6 Å². The number of pyridine rings is 1. The molecule has 0 unspecified atom stereocenters. The molecular formula is C32H32FN5O2. The summed E-state index contributed by atoms with van der Waals surface area (Å²) in [6.45, 7) is 6.42. The molecule has 5 aromatic rings. The first kappa shape index (κ1) is 27.2. The van der Waals surface area contributed by atoms with Crippen LogP contribution in [-0.2, 0) is 6.54 Å². The molecule has 7 nitrogen and oxygen atoms in total. The van der Waals surface area contributed by atoms with Gasteiger partial charge in [0.15, 0.2) is 5.82 Å². The summed E-state index contributed by atoms with van der Waals surface area (Å²) in [5, 5.41) is 16.0. The first-order valence-corrected chi connectivity index (χ1v) is 13.1. The number of ether oxygens (including phenoxy) is 1. The van der Waals surface area contributed by atoms with Crippen LogP contribution in [0.15, 0.2) is 73.2 Å². The predicted molar refractivity (Wildman–Crippen MR) is 157 cm³/mol. The molecule has 0 saturated carbocycles. The van der Waals surface area contributed by atoms with Crippen molar-refractivity contribution in [3.05, 3.63) is 95.7 Å². The van der Waals surface area contributed by atoms with E-state index in [1.807, 2.05) is 36.4 Å². The zero-order valence-electron chi connectivity index (χ0n) is 23.0. The van der Waals surface area contributed by atoms with E-state index in [1.165, 1.54) is 7.11 Å². The van der Waals surface area contributed by atoms with Crippen LogP contribution in [-0.4, -0.2) is 39.8 Å². The normalized spacial score (nSPS) is 11.9. The SMILES string of the molecule is COc1cc(-c2cccc(-c3cccc(Nc4nccc5nccnc45)c3C)c2C)cc(F)c1CNC[C@@H](C)O. The summed E-state index contributed by atoms with van der Waals surface area (Å²) in [4.78, 5) is 13.3. The van der Waals surface area contributed by atoms with E-state index in [9.17, 15) is 5.11 Å². The van der Waals surface area contributed by atoms with Crippen molar-refractivity contribution in [2.24, 2.45) is 0 Å². The molecule has 5 rings (SSSR count). The van der Waals surface area contributed by atoms with E-state index in [0.717, 1.165) is 44.6 Å². The van der Waals surface area contributed by atoms with Crippen molar-refractivity contribution in [1.82, 2.24) is 20.3 Å². The van der Waals surface area contributed by atoms with E-state index < -0.39 is 6.10 Å². The summed E-state index contributed by atoms with van der Waals surface area (Å²) < 4.78 is 20.8. The Labute approximate surface area is 233 Å². The monoisotopic (exact) mass is 537 g/mol. The quantitative estimate of drug-likeness (QED) is 0.202. The first-order chi connectivity index (χ1) is 19.4. The van der Waals surface area contributed by atoms with Crippen molar-refractivity contribution in [1.29, 1.82) is 0 Å². The zero-order valence-corrected chi connectivity index (χ0v) is 23.0. The third-order valence-electron chi connectivity index (χ3n) is 7.02. The number of benzene rings is 3. The number of halogens is 1. The van der Waals surface area contributed by atoms with Gasteiger partial charge in [-0.1, -0.05) is 30.3 Å². The minimum absolute atomic E-state index is 0.259. The molecule has 1 atom stereocenters. The number of hydrogen-bond acceptors (Lipinski definition) is 7.